The Labute approximate surface area is 197 Å². The van der Waals surface area contributed by atoms with Gasteiger partial charge in [0.1, 0.15) is 0 Å². The van der Waals surface area contributed by atoms with E-state index in [-0.39, 0.29) is 36.2 Å². The van der Waals surface area contributed by atoms with Crippen molar-refractivity contribution in [1.82, 2.24) is 9.21 Å². The lowest BCUT2D eigenvalue weighted by Crippen LogP contribution is -2.53. The molecule has 0 bridgehead atoms. The van der Waals surface area contributed by atoms with Crippen LogP contribution in [0.3, 0.4) is 0 Å². The number of amides is 2. The van der Waals surface area contributed by atoms with Gasteiger partial charge in [0, 0.05) is 26.2 Å². The Morgan fingerprint density at radius 1 is 0.818 bits per heavy atom. The summed E-state index contributed by atoms with van der Waals surface area (Å²) in [7, 11) is -3.66. The fourth-order valence-corrected chi connectivity index (χ4v) is 6.20. The number of fused-ring (bicyclic) bond motifs is 1. The molecular weight excluding hydrogens is 462 g/mol. The summed E-state index contributed by atoms with van der Waals surface area (Å²) < 4.78 is 27.9. The number of benzene rings is 3. The number of halogens is 1. The molecule has 7 nitrogen and oxygen atoms in total. The number of carbonyl (C=O) groups excluding carboxylic acids is 2. The molecule has 2 saturated heterocycles. The maximum atomic E-state index is 13.2. The van der Waals surface area contributed by atoms with Crippen molar-refractivity contribution < 1.29 is 18.0 Å². The normalized spacial score (nSPS) is 20.6. The fourth-order valence-electron chi connectivity index (χ4n) is 4.52. The van der Waals surface area contributed by atoms with Crippen LogP contribution in [0.4, 0.5) is 5.69 Å². The highest BCUT2D eigenvalue weighted by atomic mass is 35.5. The van der Waals surface area contributed by atoms with Gasteiger partial charge in [-0.25, -0.2) is 13.3 Å². The molecule has 33 heavy (non-hydrogen) atoms. The van der Waals surface area contributed by atoms with E-state index in [2.05, 4.69) is 0 Å². The molecule has 0 spiro atoms. The third kappa shape index (κ3) is 3.93. The molecule has 1 atom stereocenters. The average molecular weight is 484 g/mol. The first-order valence-corrected chi connectivity index (χ1v) is 12.5. The largest absolute Gasteiger partial charge is 0.289 e. The van der Waals surface area contributed by atoms with Gasteiger partial charge >= 0.3 is 0 Å². The summed E-state index contributed by atoms with van der Waals surface area (Å²) in [6.07, 6.45) is 0.0570. The van der Waals surface area contributed by atoms with Crippen LogP contribution in [-0.4, -0.2) is 61.7 Å². The maximum Gasteiger partial charge on any atom is 0.251 e. The molecule has 0 aliphatic carbocycles. The van der Waals surface area contributed by atoms with Crippen molar-refractivity contribution in [2.75, 3.05) is 31.1 Å². The summed E-state index contributed by atoms with van der Waals surface area (Å²) >= 11 is 6.20. The average Bonchev–Trinajstić information content (AvgIpc) is 3.13. The first kappa shape index (κ1) is 22.0. The molecule has 3 aromatic rings. The summed E-state index contributed by atoms with van der Waals surface area (Å²) in [6, 6.07) is 18.9. The third-order valence-electron chi connectivity index (χ3n) is 6.29. The van der Waals surface area contributed by atoms with Crippen LogP contribution in [0.1, 0.15) is 6.42 Å². The van der Waals surface area contributed by atoms with Gasteiger partial charge < -0.3 is 0 Å². The summed E-state index contributed by atoms with van der Waals surface area (Å²) in [4.78, 5) is 29.0. The number of nitrogens with zero attached hydrogens (tertiary/aromatic N) is 3. The molecule has 0 saturated carbocycles. The van der Waals surface area contributed by atoms with E-state index in [0.717, 1.165) is 15.7 Å². The van der Waals surface area contributed by atoms with E-state index >= 15 is 0 Å². The Hall–Kier alpha value is -2.78. The lowest BCUT2D eigenvalue weighted by Gasteiger charge is -2.36. The van der Waals surface area contributed by atoms with Gasteiger partial charge in [0.05, 0.1) is 28.1 Å². The highest BCUT2D eigenvalue weighted by Gasteiger charge is 2.44. The second-order valence-corrected chi connectivity index (χ2v) is 10.5. The molecule has 170 valence electrons. The second kappa shape index (κ2) is 8.53. The molecule has 5 rings (SSSR count). The Morgan fingerprint density at radius 3 is 2.21 bits per heavy atom. The van der Waals surface area contributed by atoms with Gasteiger partial charge in [0.2, 0.25) is 15.9 Å². The standard InChI is InChI=1S/C24H22ClN3O4S/c25-20-7-3-4-8-21(20)28-23(29)16-22(24(28)30)26-11-13-27(14-12-26)33(31,32)19-10-9-17-5-1-2-6-18(17)15-19/h1-10,15,22H,11-14,16H2/t22-/m0/s1. The van der Waals surface area contributed by atoms with Crippen LogP contribution in [-0.2, 0) is 19.6 Å². The molecule has 9 heteroatoms. The van der Waals surface area contributed by atoms with Gasteiger partial charge in [-0.05, 0) is 35.0 Å². The van der Waals surface area contributed by atoms with Gasteiger partial charge in [0.25, 0.3) is 5.91 Å². The molecule has 0 aromatic heterocycles. The minimum Gasteiger partial charge on any atom is -0.289 e. The summed E-state index contributed by atoms with van der Waals surface area (Å²) in [5, 5.41) is 2.19. The van der Waals surface area contributed by atoms with Crippen molar-refractivity contribution in [2.45, 2.75) is 17.4 Å². The van der Waals surface area contributed by atoms with E-state index in [1.54, 1.807) is 36.4 Å². The predicted octanol–water partition coefficient (Wildman–Crippen LogP) is 3.13. The van der Waals surface area contributed by atoms with Crippen LogP contribution >= 0.6 is 11.6 Å². The number of hydrogen-bond acceptors (Lipinski definition) is 5. The lowest BCUT2D eigenvalue weighted by atomic mass is 10.1. The van der Waals surface area contributed by atoms with E-state index in [9.17, 15) is 18.0 Å². The SMILES string of the molecule is O=C1C[C@H](N2CCN(S(=O)(=O)c3ccc4ccccc4c3)CC2)C(=O)N1c1ccccc1Cl. The lowest BCUT2D eigenvalue weighted by molar-refractivity contribution is -0.123. The van der Waals surface area contributed by atoms with E-state index < -0.39 is 16.1 Å². The van der Waals surface area contributed by atoms with Gasteiger partial charge in [-0.1, -0.05) is 54.1 Å². The van der Waals surface area contributed by atoms with Gasteiger partial charge in [-0.3, -0.25) is 14.5 Å². The van der Waals surface area contributed by atoms with Crippen LogP contribution in [0.5, 0.6) is 0 Å². The molecule has 2 aliphatic rings. The number of rotatable bonds is 4. The first-order chi connectivity index (χ1) is 15.9. The number of piperazine rings is 1. The van der Waals surface area contributed by atoms with Gasteiger partial charge in [0.15, 0.2) is 0 Å². The van der Waals surface area contributed by atoms with Crippen molar-refractivity contribution >= 4 is 49.9 Å². The molecule has 2 fully saturated rings. The van der Waals surface area contributed by atoms with Crippen LogP contribution in [0, 0.1) is 0 Å². The van der Waals surface area contributed by atoms with E-state index in [0.29, 0.717) is 23.8 Å². The van der Waals surface area contributed by atoms with E-state index in [1.165, 1.54) is 4.31 Å². The van der Waals surface area contributed by atoms with Crippen molar-refractivity contribution in [3.8, 4) is 0 Å². The van der Waals surface area contributed by atoms with Crippen molar-refractivity contribution in [3.63, 3.8) is 0 Å². The zero-order chi connectivity index (χ0) is 23.2. The van der Waals surface area contributed by atoms with E-state index in [4.69, 9.17) is 11.6 Å². The zero-order valence-corrected chi connectivity index (χ0v) is 19.3. The molecule has 0 unspecified atom stereocenters. The summed E-state index contributed by atoms with van der Waals surface area (Å²) in [6.45, 7) is 1.23. The van der Waals surface area contributed by atoms with Crippen LogP contribution in [0.15, 0.2) is 71.6 Å². The topological polar surface area (TPSA) is 78.0 Å². The van der Waals surface area contributed by atoms with Crippen molar-refractivity contribution in [2.24, 2.45) is 0 Å². The molecule has 0 N–H and O–H groups in total. The van der Waals surface area contributed by atoms with Gasteiger partial charge in [-0.2, -0.15) is 4.31 Å². The second-order valence-electron chi connectivity index (χ2n) is 8.19. The number of para-hydroxylation sites is 1. The van der Waals surface area contributed by atoms with Gasteiger partial charge in [-0.15, -0.1) is 0 Å². The third-order valence-corrected chi connectivity index (χ3v) is 8.50. The monoisotopic (exact) mass is 483 g/mol. The highest BCUT2D eigenvalue weighted by Crippen LogP contribution is 2.32. The Balaban J connectivity index is 1.30. The Kier molecular flexibility index (Phi) is 5.70. The Morgan fingerprint density at radius 2 is 1.48 bits per heavy atom. The number of carbonyl (C=O) groups is 2. The van der Waals surface area contributed by atoms with Crippen molar-refractivity contribution in [3.05, 3.63) is 71.8 Å². The number of anilines is 1. The summed E-state index contributed by atoms with van der Waals surface area (Å²) in [5.74, 6) is -0.622. The molecule has 2 aliphatic heterocycles. The van der Waals surface area contributed by atoms with Crippen LogP contribution < -0.4 is 4.90 Å². The maximum absolute atomic E-state index is 13.2. The summed E-state index contributed by atoms with van der Waals surface area (Å²) in [5.41, 5.74) is 0.384. The predicted molar refractivity (Wildman–Crippen MR) is 127 cm³/mol. The van der Waals surface area contributed by atoms with Crippen LogP contribution in [0.2, 0.25) is 5.02 Å². The molecule has 0 radical (unpaired) electrons. The fraction of sp³-hybridized carbons (Fsp3) is 0.250. The molecular formula is C24H22ClN3O4S. The Bertz CT molecular complexity index is 1350. The minimum atomic E-state index is -3.66. The van der Waals surface area contributed by atoms with E-state index in [1.807, 2.05) is 35.2 Å². The number of sulfonamides is 1. The molecule has 3 aromatic carbocycles. The molecule has 2 amide bonds. The zero-order valence-electron chi connectivity index (χ0n) is 17.7. The highest BCUT2D eigenvalue weighted by molar-refractivity contribution is 7.89. The number of hydrogen-bond donors (Lipinski definition) is 0. The van der Waals surface area contributed by atoms with Crippen molar-refractivity contribution in [1.29, 1.82) is 0 Å². The first-order valence-electron chi connectivity index (χ1n) is 10.7. The van der Waals surface area contributed by atoms with Crippen LogP contribution in [0.25, 0.3) is 10.8 Å². The minimum absolute atomic E-state index is 0.0570. The quantitative estimate of drug-likeness (QED) is 0.533. The number of imide groups is 1. The molecule has 2 heterocycles. The smallest absolute Gasteiger partial charge is 0.251 e.